The third-order valence-corrected chi connectivity index (χ3v) is 5.44. The van der Waals surface area contributed by atoms with Gasteiger partial charge < -0.3 is 14.0 Å². The molecule has 0 aliphatic heterocycles. The Morgan fingerprint density at radius 1 is 1.15 bits per heavy atom. The van der Waals surface area contributed by atoms with Gasteiger partial charge in [0, 0.05) is 12.1 Å². The van der Waals surface area contributed by atoms with Crippen LogP contribution in [0.15, 0.2) is 51.8 Å². The van der Waals surface area contributed by atoms with E-state index in [1.807, 2.05) is 20.8 Å². The summed E-state index contributed by atoms with van der Waals surface area (Å²) in [6.07, 6.45) is 0. The van der Waals surface area contributed by atoms with Gasteiger partial charge in [-0.15, -0.1) is 0 Å². The molecule has 0 saturated carbocycles. The number of carbonyl (C=O) groups is 1. The fraction of sp³-hybridized carbons (Fsp3) is 0.250. The number of nitrogens with zero attached hydrogens (tertiary/aromatic N) is 3. The third-order valence-electron chi connectivity index (χ3n) is 5.44. The van der Waals surface area contributed by atoms with E-state index in [2.05, 4.69) is 21.0 Å². The molecule has 0 atom stereocenters. The Hall–Kier alpha value is -4.34. The number of rotatable bonds is 8. The molecule has 0 unspecified atom stereocenters. The first-order valence-corrected chi connectivity index (χ1v) is 10.7. The molecule has 4 rings (SSSR count). The van der Waals surface area contributed by atoms with Crippen molar-refractivity contribution in [3.63, 3.8) is 0 Å². The Kier molecular flexibility index (Phi) is 6.48. The average Bonchev–Trinajstić information content (AvgIpc) is 3.18. The summed E-state index contributed by atoms with van der Waals surface area (Å²) >= 11 is 0. The van der Waals surface area contributed by atoms with Crippen LogP contribution in [-0.4, -0.2) is 27.7 Å². The Labute approximate surface area is 195 Å². The van der Waals surface area contributed by atoms with Crippen LogP contribution in [0.5, 0.6) is 11.5 Å². The lowest BCUT2D eigenvalue weighted by Gasteiger charge is -2.15. The van der Waals surface area contributed by atoms with Crippen LogP contribution in [0.3, 0.4) is 0 Å². The molecule has 0 fully saturated rings. The monoisotopic (exact) mass is 463 g/mol. The summed E-state index contributed by atoms with van der Waals surface area (Å²) in [6.45, 7) is 6.14. The molecule has 0 saturated heterocycles. The van der Waals surface area contributed by atoms with Crippen molar-refractivity contribution in [2.75, 3.05) is 12.5 Å². The molecule has 10 nitrogen and oxygen atoms in total. The number of benzene rings is 2. The number of hydrogen-bond donors (Lipinski definition) is 2. The van der Waals surface area contributed by atoms with Crippen molar-refractivity contribution in [3.05, 3.63) is 75.4 Å². The van der Waals surface area contributed by atoms with Crippen LogP contribution < -0.4 is 25.9 Å². The Morgan fingerprint density at radius 2 is 1.94 bits per heavy atom. The second kappa shape index (κ2) is 9.65. The highest BCUT2D eigenvalue weighted by atomic mass is 16.5. The minimum atomic E-state index is -0.430. The van der Waals surface area contributed by atoms with E-state index in [-0.39, 0.29) is 18.1 Å². The number of para-hydroxylation sites is 1. The van der Waals surface area contributed by atoms with Crippen LogP contribution >= 0.6 is 0 Å². The quantitative estimate of drug-likeness (QED) is 0.382. The van der Waals surface area contributed by atoms with Crippen LogP contribution in [-0.2, 0) is 13.2 Å². The highest BCUT2D eigenvalue weighted by molar-refractivity contribution is 5.95. The van der Waals surface area contributed by atoms with Gasteiger partial charge in [0.25, 0.3) is 11.5 Å². The molecule has 4 aromatic rings. The van der Waals surface area contributed by atoms with E-state index in [4.69, 9.17) is 14.0 Å². The number of nitrogens with one attached hydrogen (secondary N) is 2. The molecule has 1 amide bonds. The van der Waals surface area contributed by atoms with Gasteiger partial charge in [0.1, 0.15) is 12.4 Å². The van der Waals surface area contributed by atoms with Crippen molar-refractivity contribution in [2.45, 2.75) is 33.9 Å². The number of methoxy groups -OCH3 is 1. The van der Waals surface area contributed by atoms with Gasteiger partial charge in [0.15, 0.2) is 11.5 Å². The highest BCUT2D eigenvalue weighted by Gasteiger charge is 2.15. The summed E-state index contributed by atoms with van der Waals surface area (Å²) in [5.41, 5.74) is 7.66. The molecular formula is C24H25N5O5. The minimum absolute atomic E-state index is 0.189. The van der Waals surface area contributed by atoms with Gasteiger partial charge in [-0.2, -0.15) is 0 Å². The Balaban J connectivity index is 1.50. The van der Waals surface area contributed by atoms with Crippen LogP contribution in [0.4, 0.5) is 5.95 Å². The first-order chi connectivity index (χ1) is 16.4. The van der Waals surface area contributed by atoms with Gasteiger partial charge in [-0.3, -0.25) is 25.0 Å². The number of aryl methyl sites for hydroxylation is 2. The van der Waals surface area contributed by atoms with Crippen LogP contribution in [0.1, 0.15) is 34.3 Å². The molecule has 0 aliphatic rings. The predicted octanol–water partition coefficient (Wildman–Crippen LogP) is 3.37. The number of amides is 1. The van der Waals surface area contributed by atoms with Gasteiger partial charge in [0.2, 0.25) is 5.95 Å². The fourth-order valence-corrected chi connectivity index (χ4v) is 3.53. The molecule has 0 aliphatic carbocycles. The molecule has 176 valence electrons. The Bertz CT molecular complexity index is 1390. The van der Waals surface area contributed by atoms with E-state index >= 15 is 0 Å². The van der Waals surface area contributed by atoms with E-state index < -0.39 is 5.91 Å². The summed E-state index contributed by atoms with van der Waals surface area (Å²) in [5.74, 6) is 1.37. The smallest absolute Gasteiger partial charge is 0.269 e. The van der Waals surface area contributed by atoms with Gasteiger partial charge in [0.05, 0.1) is 29.3 Å². The average molecular weight is 463 g/mol. The Morgan fingerprint density at radius 3 is 2.65 bits per heavy atom. The van der Waals surface area contributed by atoms with Crippen molar-refractivity contribution in [1.82, 2.24) is 20.1 Å². The zero-order valence-corrected chi connectivity index (χ0v) is 19.3. The second-order valence-corrected chi connectivity index (χ2v) is 7.54. The lowest BCUT2D eigenvalue weighted by Crippen LogP contribution is -2.34. The number of carbonyl (C=O) groups excluding carboxylic acids is 1. The van der Waals surface area contributed by atoms with Gasteiger partial charge in [-0.25, -0.2) is 4.98 Å². The number of anilines is 1. The maximum absolute atomic E-state index is 12.8. The maximum atomic E-state index is 12.8. The number of ether oxygens (including phenoxy) is 2. The zero-order valence-electron chi connectivity index (χ0n) is 19.3. The normalized spacial score (nSPS) is 10.8. The second-order valence-electron chi connectivity index (χ2n) is 7.54. The minimum Gasteiger partial charge on any atom is -0.493 e. The summed E-state index contributed by atoms with van der Waals surface area (Å²) in [6, 6.07) is 11.9. The molecule has 0 radical (unpaired) electrons. The maximum Gasteiger partial charge on any atom is 0.269 e. The van der Waals surface area contributed by atoms with Crippen molar-refractivity contribution >= 4 is 22.8 Å². The van der Waals surface area contributed by atoms with Crippen molar-refractivity contribution in [1.29, 1.82) is 0 Å². The first kappa shape index (κ1) is 22.8. The van der Waals surface area contributed by atoms with Gasteiger partial charge in [-0.1, -0.05) is 17.3 Å². The van der Waals surface area contributed by atoms with E-state index in [0.717, 1.165) is 11.3 Å². The number of hydrazine groups is 1. The lowest BCUT2D eigenvalue weighted by atomic mass is 10.2. The number of hydrogen-bond acceptors (Lipinski definition) is 8. The molecule has 0 spiro atoms. The van der Waals surface area contributed by atoms with E-state index in [0.29, 0.717) is 40.3 Å². The lowest BCUT2D eigenvalue weighted by molar-refractivity contribution is 0.0961. The van der Waals surface area contributed by atoms with Crippen LogP contribution in [0, 0.1) is 13.8 Å². The number of fused-ring (bicyclic) bond motifs is 1. The number of aromatic nitrogens is 3. The summed E-state index contributed by atoms with van der Waals surface area (Å²) in [4.78, 5) is 30.0. The zero-order chi connectivity index (χ0) is 24.2. The first-order valence-electron chi connectivity index (χ1n) is 10.7. The molecule has 34 heavy (non-hydrogen) atoms. The highest BCUT2D eigenvalue weighted by Crippen LogP contribution is 2.29. The molecule has 2 aromatic carbocycles. The third kappa shape index (κ3) is 4.42. The van der Waals surface area contributed by atoms with Crippen molar-refractivity contribution < 1.29 is 18.8 Å². The SMILES string of the molecule is CCn1c(NNC(=O)c2ccc(OCc3c(C)noc3C)c(OC)c2)nc2ccccc2c1=O. The topological polar surface area (TPSA) is 121 Å². The van der Waals surface area contributed by atoms with Gasteiger partial charge in [-0.05, 0) is 51.1 Å². The fourth-order valence-electron chi connectivity index (χ4n) is 3.53. The molecule has 2 aromatic heterocycles. The summed E-state index contributed by atoms with van der Waals surface area (Å²) in [7, 11) is 1.50. The van der Waals surface area contributed by atoms with Crippen LogP contribution in [0.25, 0.3) is 10.9 Å². The molecule has 2 N–H and O–H groups in total. The largest absolute Gasteiger partial charge is 0.493 e. The van der Waals surface area contributed by atoms with Crippen molar-refractivity contribution in [2.24, 2.45) is 0 Å². The van der Waals surface area contributed by atoms with Gasteiger partial charge >= 0.3 is 0 Å². The van der Waals surface area contributed by atoms with E-state index in [9.17, 15) is 9.59 Å². The molecule has 10 heteroatoms. The summed E-state index contributed by atoms with van der Waals surface area (Å²) in [5, 5.41) is 4.43. The van der Waals surface area contributed by atoms with Crippen LogP contribution in [0.2, 0.25) is 0 Å². The van der Waals surface area contributed by atoms with Crippen molar-refractivity contribution in [3.8, 4) is 11.5 Å². The predicted molar refractivity (Wildman–Crippen MR) is 126 cm³/mol. The molecule has 2 heterocycles. The molecule has 0 bridgehead atoms. The van der Waals surface area contributed by atoms with E-state index in [1.54, 1.807) is 42.5 Å². The van der Waals surface area contributed by atoms with E-state index in [1.165, 1.54) is 11.7 Å². The standard InChI is InChI=1S/C24H25N5O5/c1-5-29-23(31)17-8-6-7-9-19(17)25-24(29)27-26-22(30)16-10-11-20(21(12-16)32-4)33-13-18-14(2)28-34-15(18)3/h6-12H,5,13H2,1-4H3,(H,25,27)(H,26,30). The molecular weight excluding hydrogens is 438 g/mol. The summed E-state index contributed by atoms with van der Waals surface area (Å²) < 4.78 is 17.9.